The molecule has 0 radical (unpaired) electrons. The van der Waals surface area contributed by atoms with Gasteiger partial charge in [-0.1, -0.05) is 32.5 Å². The Morgan fingerprint density at radius 3 is 2.96 bits per heavy atom. The van der Waals surface area contributed by atoms with Crippen LogP contribution in [-0.4, -0.2) is 38.7 Å². The summed E-state index contributed by atoms with van der Waals surface area (Å²) in [4.78, 5) is 32.3. The lowest BCUT2D eigenvalue weighted by Gasteiger charge is -2.35. The number of piperidine rings is 1. The number of hydrogen-bond donors (Lipinski definition) is 0. The van der Waals surface area contributed by atoms with Gasteiger partial charge in [-0.2, -0.15) is 0 Å². The fourth-order valence-corrected chi connectivity index (χ4v) is 5.20. The Labute approximate surface area is 162 Å². The Kier molecular flexibility index (Phi) is 6.40. The molecule has 1 aliphatic rings. The first-order valence-electron chi connectivity index (χ1n) is 9.41. The van der Waals surface area contributed by atoms with E-state index < -0.39 is 0 Å². The smallest absolute Gasteiger partial charge is 0.272 e. The zero-order chi connectivity index (χ0) is 18.7. The average molecular weight is 394 g/mol. The summed E-state index contributed by atoms with van der Waals surface area (Å²) in [5, 5.41) is 2.56. The predicted octanol–water partition coefficient (Wildman–Crippen LogP) is 4.00. The Hall–Kier alpha value is -1.34. The summed E-state index contributed by atoms with van der Waals surface area (Å²) in [6.07, 6.45) is 4.40. The number of rotatable bonds is 6. The van der Waals surface area contributed by atoms with Gasteiger partial charge in [0, 0.05) is 19.1 Å². The summed E-state index contributed by atoms with van der Waals surface area (Å²) in [6.45, 7) is 7.80. The molecule has 0 unspecified atom stereocenters. The number of thiophene rings is 1. The van der Waals surface area contributed by atoms with Crippen molar-refractivity contribution in [2.24, 2.45) is 5.92 Å². The van der Waals surface area contributed by atoms with E-state index in [9.17, 15) is 9.59 Å². The number of aromatic nitrogens is 2. The number of nitrogens with zero attached hydrogens (tertiary/aromatic N) is 3. The molecule has 2 aromatic heterocycles. The van der Waals surface area contributed by atoms with E-state index in [1.54, 1.807) is 4.57 Å². The molecule has 0 N–H and O–H groups in total. The lowest BCUT2D eigenvalue weighted by Crippen LogP contribution is -2.44. The zero-order valence-corrected chi connectivity index (χ0v) is 17.4. The van der Waals surface area contributed by atoms with E-state index >= 15 is 0 Å². The van der Waals surface area contributed by atoms with E-state index in [2.05, 4.69) is 25.8 Å². The van der Waals surface area contributed by atoms with Gasteiger partial charge in [-0.3, -0.25) is 14.2 Å². The molecular formula is C19H27N3O2S2. The second-order valence-corrected chi connectivity index (χ2v) is 9.13. The number of hydrogen-bond acceptors (Lipinski definition) is 5. The van der Waals surface area contributed by atoms with Gasteiger partial charge in [0.05, 0.1) is 11.3 Å². The van der Waals surface area contributed by atoms with Crippen LogP contribution in [0.25, 0.3) is 10.2 Å². The molecule has 0 bridgehead atoms. The molecule has 2 aromatic rings. The van der Waals surface area contributed by atoms with Crippen LogP contribution in [0.5, 0.6) is 0 Å². The molecule has 1 atom stereocenters. The van der Waals surface area contributed by atoms with Crippen LogP contribution < -0.4 is 5.56 Å². The van der Waals surface area contributed by atoms with Crippen molar-refractivity contribution in [1.29, 1.82) is 0 Å². The van der Waals surface area contributed by atoms with Crippen LogP contribution in [0.4, 0.5) is 0 Å². The number of thioether (sulfide) groups is 1. The molecule has 1 saturated heterocycles. The number of carbonyl (C=O) groups excluding carboxylic acids is 1. The fraction of sp³-hybridized carbons (Fsp3) is 0.632. The number of fused-ring (bicyclic) bond motifs is 1. The van der Waals surface area contributed by atoms with Gasteiger partial charge in [0.15, 0.2) is 5.16 Å². The van der Waals surface area contributed by atoms with Gasteiger partial charge in [-0.15, -0.1) is 11.3 Å². The molecule has 142 valence electrons. The highest BCUT2D eigenvalue weighted by Gasteiger charge is 2.25. The third kappa shape index (κ3) is 4.14. The van der Waals surface area contributed by atoms with E-state index in [1.165, 1.54) is 29.5 Å². The van der Waals surface area contributed by atoms with Crippen LogP contribution in [0.15, 0.2) is 21.4 Å². The summed E-state index contributed by atoms with van der Waals surface area (Å²) < 4.78 is 2.44. The first-order valence-corrected chi connectivity index (χ1v) is 11.3. The van der Waals surface area contributed by atoms with Crippen LogP contribution in [-0.2, 0) is 11.3 Å². The van der Waals surface area contributed by atoms with Crippen LogP contribution in [0, 0.1) is 5.92 Å². The standard InChI is InChI=1S/C19H27N3O2S2/c1-4-14-7-5-6-9-21(14)16(23)12-26-19-20-15-8-10-25-17(15)18(24)22(19)11-13(2)3/h8,10,13-14H,4-7,9,11-12H2,1-3H3/t14-/m1/s1. The fourth-order valence-electron chi connectivity index (χ4n) is 3.52. The van der Waals surface area contributed by atoms with Gasteiger partial charge in [-0.05, 0) is 43.0 Å². The summed E-state index contributed by atoms with van der Waals surface area (Å²) in [6, 6.07) is 2.24. The maximum Gasteiger partial charge on any atom is 0.272 e. The lowest BCUT2D eigenvalue weighted by molar-refractivity contribution is -0.132. The van der Waals surface area contributed by atoms with E-state index in [0.29, 0.717) is 34.1 Å². The second kappa shape index (κ2) is 8.57. The minimum Gasteiger partial charge on any atom is -0.339 e. The van der Waals surface area contributed by atoms with Crippen molar-refractivity contribution in [3.8, 4) is 0 Å². The molecule has 0 aliphatic carbocycles. The summed E-state index contributed by atoms with van der Waals surface area (Å²) in [7, 11) is 0. The first kappa shape index (κ1) is 19.4. The minimum atomic E-state index is 0.0121. The molecular weight excluding hydrogens is 366 g/mol. The summed E-state index contributed by atoms with van der Waals surface area (Å²) in [5.74, 6) is 0.849. The average Bonchev–Trinajstić information content (AvgIpc) is 3.10. The topological polar surface area (TPSA) is 55.2 Å². The van der Waals surface area contributed by atoms with Gasteiger partial charge in [-0.25, -0.2) is 4.98 Å². The maximum atomic E-state index is 12.8. The van der Waals surface area contributed by atoms with E-state index in [0.717, 1.165) is 31.3 Å². The molecule has 0 spiro atoms. The molecule has 5 nitrogen and oxygen atoms in total. The van der Waals surface area contributed by atoms with Crippen LogP contribution in [0.1, 0.15) is 46.5 Å². The molecule has 26 heavy (non-hydrogen) atoms. The normalized spacial score (nSPS) is 18.0. The summed E-state index contributed by atoms with van der Waals surface area (Å²) >= 11 is 2.84. The highest BCUT2D eigenvalue weighted by molar-refractivity contribution is 7.99. The first-order chi connectivity index (χ1) is 12.5. The molecule has 1 fully saturated rings. The van der Waals surface area contributed by atoms with Crippen molar-refractivity contribution in [2.75, 3.05) is 12.3 Å². The van der Waals surface area contributed by atoms with Gasteiger partial charge in [0.1, 0.15) is 4.70 Å². The third-order valence-electron chi connectivity index (χ3n) is 4.82. The van der Waals surface area contributed by atoms with Gasteiger partial charge in [0.25, 0.3) is 5.56 Å². The molecule has 3 rings (SSSR count). The number of carbonyl (C=O) groups is 1. The molecule has 0 saturated carbocycles. The van der Waals surface area contributed by atoms with Crippen molar-refractivity contribution in [3.63, 3.8) is 0 Å². The Morgan fingerprint density at radius 1 is 1.42 bits per heavy atom. The minimum absolute atomic E-state index is 0.0121. The van der Waals surface area contributed by atoms with Crippen molar-refractivity contribution >= 4 is 39.2 Å². The molecule has 1 aliphatic heterocycles. The Bertz CT molecular complexity index is 828. The van der Waals surface area contributed by atoms with Crippen molar-refractivity contribution in [1.82, 2.24) is 14.5 Å². The van der Waals surface area contributed by atoms with Gasteiger partial charge >= 0.3 is 0 Å². The van der Waals surface area contributed by atoms with Crippen LogP contribution in [0.3, 0.4) is 0 Å². The molecule has 0 aromatic carbocycles. The molecule has 7 heteroatoms. The second-order valence-electron chi connectivity index (χ2n) is 7.27. The molecule has 3 heterocycles. The Balaban J connectivity index is 1.81. The quantitative estimate of drug-likeness (QED) is 0.550. The Morgan fingerprint density at radius 2 is 2.23 bits per heavy atom. The third-order valence-corrected chi connectivity index (χ3v) is 6.67. The highest BCUT2D eigenvalue weighted by atomic mass is 32.2. The maximum absolute atomic E-state index is 12.8. The monoisotopic (exact) mass is 393 g/mol. The van der Waals surface area contributed by atoms with Crippen molar-refractivity contribution in [3.05, 3.63) is 21.8 Å². The van der Waals surface area contributed by atoms with Crippen molar-refractivity contribution in [2.45, 2.75) is 64.2 Å². The predicted molar refractivity (Wildman–Crippen MR) is 109 cm³/mol. The van der Waals surface area contributed by atoms with Crippen LogP contribution in [0.2, 0.25) is 0 Å². The van der Waals surface area contributed by atoms with E-state index in [1.807, 2.05) is 16.3 Å². The van der Waals surface area contributed by atoms with E-state index in [-0.39, 0.29) is 11.5 Å². The van der Waals surface area contributed by atoms with Crippen molar-refractivity contribution < 1.29 is 4.79 Å². The largest absolute Gasteiger partial charge is 0.339 e. The zero-order valence-electron chi connectivity index (χ0n) is 15.7. The lowest BCUT2D eigenvalue weighted by atomic mass is 10.0. The van der Waals surface area contributed by atoms with Gasteiger partial charge < -0.3 is 4.90 Å². The summed E-state index contributed by atoms with van der Waals surface area (Å²) in [5.41, 5.74) is 0.748. The number of amides is 1. The van der Waals surface area contributed by atoms with Crippen LogP contribution >= 0.6 is 23.1 Å². The number of likely N-dealkylation sites (tertiary alicyclic amines) is 1. The SMILES string of the molecule is CC[C@@H]1CCCCN1C(=O)CSc1nc2ccsc2c(=O)n1CC(C)C. The molecule has 1 amide bonds. The van der Waals surface area contributed by atoms with Gasteiger partial charge in [0.2, 0.25) is 5.91 Å². The highest BCUT2D eigenvalue weighted by Crippen LogP contribution is 2.24. The van der Waals surface area contributed by atoms with E-state index in [4.69, 9.17) is 0 Å².